The highest BCUT2D eigenvalue weighted by molar-refractivity contribution is 5.78. The van der Waals surface area contributed by atoms with Crippen molar-refractivity contribution in [2.45, 2.75) is 53.4 Å². The Labute approximate surface area is 166 Å². The maximum Gasteiger partial charge on any atom is 0.314 e. The summed E-state index contributed by atoms with van der Waals surface area (Å²) >= 11 is 0. The lowest BCUT2D eigenvalue weighted by Gasteiger charge is -2.26. The monoisotopic (exact) mass is 380 g/mol. The summed E-state index contributed by atoms with van der Waals surface area (Å²) in [5.41, 5.74) is 4.19. The first-order valence-electron chi connectivity index (χ1n) is 9.91. The van der Waals surface area contributed by atoms with Gasteiger partial charge in [0.2, 0.25) is 0 Å². The van der Waals surface area contributed by atoms with Gasteiger partial charge in [-0.2, -0.15) is 0 Å². The molecule has 1 saturated carbocycles. The van der Waals surface area contributed by atoms with E-state index in [0.29, 0.717) is 37.2 Å². The van der Waals surface area contributed by atoms with Gasteiger partial charge in [0.25, 0.3) is 0 Å². The Morgan fingerprint density at radius 1 is 0.679 bits per heavy atom. The average molecular weight is 380 g/mol. The summed E-state index contributed by atoms with van der Waals surface area (Å²) in [5.74, 6) is 0.511. The fourth-order valence-corrected chi connectivity index (χ4v) is 3.78. The van der Waals surface area contributed by atoms with Crippen molar-refractivity contribution in [1.29, 1.82) is 0 Å². The molecule has 0 unspecified atom stereocenters. The highest BCUT2D eigenvalue weighted by Crippen LogP contribution is 2.32. The molecule has 0 radical (unpaired) electrons. The van der Waals surface area contributed by atoms with Crippen molar-refractivity contribution in [3.05, 3.63) is 58.7 Å². The van der Waals surface area contributed by atoms with Gasteiger partial charge < -0.3 is 9.47 Å². The zero-order valence-corrected chi connectivity index (χ0v) is 17.1. The second-order valence-electron chi connectivity index (χ2n) is 7.93. The second-order valence-corrected chi connectivity index (χ2v) is 7.93. The molecule has 28 heavy (non-hydrogen) atoms. The molecule has 2 aromatic carbocycles. The van der Waals surface area contributed by atoms with E-state index >= 15 is 0 Å². The molecule has 0 spiro atoms. The van der Waals surface area contributed by atoms with E-state index in [1.54, 1.807) is 0 Å². The fraction of sp³-hybridized carbons (Fsp3) is 0.417. The van der Waals surface area contributed by atoms with Crippen LogP contribution in [0.15, 0.2) is 36.4 Å². The van der Waals surface area contributed by atoms with Crippen molar-refractivity contribution in [3.8, 4) is 11.5 Å². The molecule has 4 nitrogen and oxygen atoms in total. The number of benzene rings is 2. The van der Waals surface area contributed by atoms with E-state index in [1.165, 1.54) is 0 Å². The van der Waals surface area contributed by atoms with Crippen molar-refractivity contribution < 1.29 is 19.1 Å². The molecular weight excluding hydrogens is 352 g/mol. The number of ether oxygens (including phenoxy) is 2. The topological polar surface area (TPSA) is 52.6 Å². The van der Waals surface area contributed by atoms with E-state index in [2.05, 4.69) is 0 Å². The lowest BCUT2D eigenvalue weighted by atomic mass is 9.82. The van der Waals surface area contributed by atoms with Gasteiger partial charge in [0.1, 0.15) is 11.5 Å². The van der Waals surface area contributed by atoms with Gasteiger partial charge in [-0.05, 0) is 76.6 Å². The van der Waals surface area contributed by atoms with E-state index in [1.807, 2.05) is 64.1 Å². The quantitative estimate of drug-likeness (QED) is 0.538. The highest BCUT2D eigenvalue weighted by Gasteiger charge is 2.32. The molecule has 0 aromatic heterocycles. The third-order valence-electron chi connectivity index (χ3n) is 5.48. The van der Waals surface area contributed by atoms with Crippen molar-refractivity contribution in [2.75, 3.05) is 0 Å². The number of aryl methyl sites for hydroxylation is 4. The zero-order valence-electron chi connectivity index (χ0n) is 17.1. The molecule has 1 aliphatic rings. The Bertz CT molecular complexity index is 803. The summed E-state index contributed by atoms with van der Waals surface area (Å²) in [4.78, 5) is 25.0. The molecule has 2 aromatic rings. The number of hydrogen-bond donors (Lipinski definition) is 0. The van der Waals surface area contributed by atoms with Gasteiger partial charge in [-0.3, -0.25) is 9.59 Å². The van der Waals surface area contributed by atoms with Crippen molar-refractivity contribution in [2.24, 2.45) is 11.8 Å². The first-order valence-corrected chi connectivity index (χ1v) is 9.91. The van der Waals surface area contributed by atoms with Crippen LogP contribution in [0.1, 0.15) is 47.9 Å². The van der Waals surface area contributed by atoms with Crippen LogP contribution >= 0.6 is 0 Å². The van der Waals surface area contributed by atoms with Gasteiger partial charge in [0.05, 0.1) is 11.8 Å². The van der Waals surface area contributed by atoms with Gasteiger partial charge in [0.15, 0.2) is 0 Å². The summed E-state index contributed by atoms with van der Waals surface area (Å²) < 4.78 is 11.2. The van der Waals surface area contributed by atoms with Gasteiger partial charge in [-0.15, -0.1) is 0 Å². The van der Waals surface area contributed by atoms with Gasteiger partial charge in [-0.1, -0.05) is 35.4 Å². The maximum absolute atomic E-state index is 12.5. The third-order valence-corrected chi connectivity index (χ3v) is 5.48. The molecular formula is C24H28O4. The van der Waals surface area contributed by atoms with Gasteiger partial charge >= 0.3 is 11.9 Å². The van der Waals surface area contributed by atoms with Crippen LogP contribution in [0, 0.1) is 39.5 Å². The minimum atomic E-state index is -0.201. The standard InChI is InChI=1S/C24H28O4/c1-15-5-11-21(17(3)13-15)27-23(25)19-7-9-20(10-8-19)24(26)28-22-12-6-16(2)14-18(22)4/h5-6,11-14,19-20H,7-10H2,1-4H3/t19-,20-. The van der Waals surface area contributed by atoms with Crippen LogP contribution in [-0.2, 0) is 9.59 Å². The zero-order chi connectivity index (χ0) is 20.3. The Morgan fingerprint density at radius 2 is 1.04 bits per heavy atom. The summed E-state index contributed by atoms with van der Waals surface area (Å²) in [5, 5.41) is 0. The van der Waals surface area contributed by atoms with E-state index < -0.39 is 0 Å². The molecule has 0 aliphatic heterocycles. The van der Waals surface area contributed by atoms with Crippen LogP contribution < -0.4 is 9.47 Å². The van der Waals surface area contributed by atoms with Crippen LogP contribution in [0.4, 0.5) is 0 Å². The smallest absolute Gasteiger partial charge is 0.314 e. The number of carbonyl (C=O) groups is 2. The van der Waals surface area contributed by atoms with Crippen LogP contribution in [0.5, 0.6) is 11.5 Å². The van der Waals surface area contributed by atoms with Crippen molar-refractivity contribution in [1.82, 2.24) is 0 Å². The van der Waals surface area contributed by atoms with Crippen LogP contribution in [0.3, 0.4) is 0 Å². The SMILES string of the molecule is Cc1ccc(OC(=O)[C@H]2CC[C@H](C(=O)Oc3ccc(C)cc3C)CC2)c(C)c1. The first-order chi connectivity index (χ1) is 13.3. The highest BCUT2D eigenvalue weighted by atomic mass is 16.5. The molecule has 0 amide bonds. The number of rotatable bonds is 4. The predicted molar refractivity (Wildman–Crippen MR) is 109 cm³/mol. The lowest BCUT2D eigenvalue weighted by molar-refractivity contribution is -0.145. The summed E-state index contributed by atoms with van der Waals surface area (Å²) in [6.45, 7) is 7.90. The first kappa shape index (κ1) is 20.1. The molecule has 1 aliphatic carbocycles. The molecule has 3 rings (SSSR count). The van der Waals surface area contributed by atoms with Gasteiger partial charge in [-0.25, -0.2) is 0 Å². The minimum Gasteiger partial charge on any atom is -0.426 e. The number of carbonyl (C=O) groups excluding carboxylic acids is 2. The lowest BCUT2D eigenvalue weighted by Crippen LogP contribution is -2.30. The molecule has 148 valence electrons. The number of hydrogen-bond acceptors (Lipinski definition) is 4. The van der Waals surface area contributed by atoms with E-state index in [-0.39, 0.29) is 23.8 Å². The maximum atomic E-state index is 12.5. The van der Waals surface area contributed by atoms with Crippen molar-refractivity contribution in [3.63, 3.8) is 0 Å². The van der Waals surface area contributed by atoms with E-state index in [0.717, 1.165) is 22.3 Å². The molecule has 0 saturated heterocycles. The second kappa shape index (κ2) is 8.59. The molecule has 4 heteroatoms. The molecule has 0 atom stereocenters. The largest absolute Gasteiger partial charge is 0.426 e. The fourth-order valence-electron chi connectivity index (χ4n) is 3.78. The summed E-state index contributed by atoms with van der Waals surface area (Å²) in [6.07, 6.45) is 2.60. The van der Waals surface area contributed by atoms with E-state index in [9.17, 15) is 9.59 Å². The van der Waals surface area contributed by atoms with Crippen molar-refractivity contribution >= 4 is 11.9 Å². The minimum absolute atomic E-state index is 0.161. The molecule has 0 N–H and O–H groups in total. The van der Waals surface area contributed by atoms with Crippen LogP contribution in [0.2, 0.25) is 0 Å². The Balaban J connectivity index is 1.53. The normalized spacial score (nSPS) is 19.1. The van der Waals surface area contributed by atoms with Gasteiger partial charge in [0, 0.05) is 0 Å². The van der Waals surface area contributed by atoms with Crippen LogP contribution in [0.25, 0.3) is 0 Å². The molecule has 0 bridgehead atoms. The van der Waals surface area contributed by atoms with Crippen LogP contribution in [-0.4, -0.2) is 11.9 Å². The summed E-state index contributed by atoms with van der Waals surface area (Å²) in [6, 6.07) is 11.6. The summed E-state index contributed by atoms with van der Waals surface area (Å²) in [7, 11) is 0. The number of esters is 2. The Kier molecular flexibility index (Phi) is 6.18. The third kappa shape index (κ3) is 4.80. The predicted octanol–water partition coefficient (Wildman–Crippen LogP) is 5.24. The Hall–Kier alpha value is -2.62. The molecule has 1 fully saturated rings. The van der Waals surface area contributed by atoms with E-state index in [4.69, 9.17) is 9.47 Å². The Morgan fingerprint density at radius 3 is 1.36 bits per heavy atom. The average Bonchev–Trinajstić information content (AvgIpc) is 2.66. The molecule has 0 heterocycles.